The molecule has 3 rings (SSSR count). The first kappa shape index (κ1) is 18.3. The molecule has 0 atom stereocenters. The summed E-state index contributed by atoms with van der Waals surface area (Å²) in [6, 6.07) is 15.3. The zero-order valence-corrected chi connectivity index (χ0v) is 14.8. The van der Waals surface area contributed by atoms with Crippen molar-refractivity contribution < 1.29 is 13.9 Å². The van der Waals surface area contributed by atoms with E-state index in [0.29, 0.717) is 30.0 Å². The number of halogens is 1. The van der Waals surface area contributed by atoms with Crippen molar-refractivity contribution in [2.45, 2.75) is 6.42 Å². The van der Waals surface area contributed by atoms with Gasteiger partial charge in [-0.05, 0) is 36.2 Å². The number of anilines is 2. The third-order valence-electron chi connectivity index (χ3n) is 3.88. The first-order chi connectivity index (χ1) is 13.2. The molecule has 1 amide bonds. The third kappa shape index (κ3) is 4.78. The molecule has 2 N–H and O–H groups in total. The molecule has 0 aliphatic rings. The predicted octanol–water partition coefficient (Wildman–Crippen LogP) is 3.34. The van der Waals surface area contributed by atoms with Crippen LogP contribution in [0.3, 0.4) is 0 Å². The Morgan fingerprint density at radius 2 is 1.89 bits per heavy atom. The molecule has 6 nitrogen and oxygen atoms in total. The van der Waals surface area contributed by atoms with Crippen molar-refractivity contribution in [3.8, 4) is 5.75 Å². The number of nitrogens with zero attached hydrogens (tertiary/aromatic N) is 2. The lowest BCUT2D eigenvalue weighted by Gasteiger charge is -2.10. The van der Waals surface area contributed by atoms with Crippen LogP contribution in [0.1, 0.15) is 16.1 Å². The minimum atomic E-state index is -0.350. The summed E-state index contributed by atoms with van der Waals surface area (Å²) >= 11 is 0. The molecule has 1 heterocycles. The summed E-state index contributed by atoms with van der Waals surface area (Å²) in [5, 5.41) is 5.77. The molecule has 2 aromatic carbocycles. The van der Waals surface area contributed by atoms with Crippen molar-refractivity contribution in [3.63, 3.8) is 0 Å². The maximum absolute atomic E-state index is 13.6. The van der Waals surface area contributed by atoms with E-state index < -0.39 is 0 Å². The molecule has 27 heavy (non-hydrogen) atoms. The maximum Gasteiger partial charge on any atom is 0.270 e. The second-order valence-electron chi connectivity index (χ2n) is 5.69. The summed E-state index contributed by atoms with van der Waals surface area (Å²) in [6.07, 6.45) is 1.90. The summed E-state index contributed by atoms with van der Waals surface area (Å²) in [4.78, 5) is 20.6. The van der Waals surface area contributed by atoms with Crippen molar-refractivity contribution in [2.75, 3.05) is 19.0 Å². The Labute approximate surface area is 156 Å². The number of nitrogens with one attached hydrogen (secondary N) is 2. The highest BCUT2D eigenvalue weighted by Crippen LogP contribution is 2.25. The van der Waals surface area contributed by atoms with Gasteiger partial charge in [0.05, 0.1) is 12.8 Å². The van der Waals surface area contributed by atoms with Gasteiger partial charge in [-0.1, -0.05) is 30.3 Å². The highest BCUT2D eigenvalue weighted by atomic mass is 19.1. The average molecular weight is 366 g/mol. The first-order valence-electron chi connectivity index (χ1n) is 8.42. The standard InChI is InChI=1S/C20H19FN4O2/c1-27-18-9-5-4-8-16(18)24-20-23-13-11-17(25-20)19(26)22-12-10-14-6-2-3-7-15(14)21/h2-9,11,13H,10,12H2,1H3,(H,22,26)(H,23,24,25). The molecule has 0 fully saturated rings. The quantitative estimate of drug-likeness (QED) is 0.671. The lowest BCUT2D eigenvalue weighted by molar-refractivity contribution is 0.0949. The molecule has 0 radical (unpaired) electrons. The Morgan fingerprint density at radius 1 is 1.11 bits per heavy atom. The topological polar surface area (TPSA) is 76.1 Å². The number of carbonyl (C=O) groups is 1. The normalized spacial score (nSPS) is 10.3. The van der Waals surface area contributed by atoms with Crippen LogP contribution in [-0.4, -0.2) is 29.5 Å². The van der Waals surface area contributed by atoms with Crippen LogP contribution >= 0.6 is 0 Å². The number of para-hydroxylation sites is 2. The summed E-state index contributed by atoms with van der Waals surface area (Å²) in [5.41, 5.74) is 1.46. The van der Waals surface area contributed by atoms with Crippen LogP contribution in [0.4, 0.5) is 16.0 Å². The molecule has 0 aliphatic heterocycles. The van der Waals surface area contributed by atoms with Gasteiger partial charge in [0, 0.05) is 12.7 Å². The van der Waals surface area contributed by atoms with Gasteiger partial charge in [0.15, 0.2) is 0 Å². The number of hydrogen-bond acceptors (Lipinski definition) is 5. The van der Waals surface area contributed by atoms with Crippen molar-refractivity contribution in [2.24, 2.45) is 0 Å². The van der Waals surface area contributed by atoms with Crippen LogP contribution in [-0.2, 0) is 6.42 Å². The number of aromatic nitrogens is 2. The number of hydrogen-bond donors (Lipinski definition) is 2. The molecule has 138 valence electrons. The van der Waals surface area contributed by atoms with Crippen LogP contribution < -0.4 is 15.4 Å². The molecular formula is C20H19FN4O2. The molecule has 0 bridgehead atoms. The lowest BCUT2D eigenvalue weighted by atomic mass is 10.1. The van der Waals surface area contributed by atoms with Gasteiger partial charge in [-0.3, -0.25) is 4.79 Å². The van der Waals surface area contributed by atoms with Crippen molar-refractivity contribution in [3.05, 3.63) is 77.9 Å². The number of methoxy groups -OCH3 is 1. The van der Waals surface area contributed by atoms with E-state index in [1.807, 2.05) is 24.3 Å². The van der Waals surface area contributed by atoms with Gasteiger partial charge in [-0.25, -0.2) is 14.4 Å². The van der Waals surface area contributed by atoms with Crippen LogP contribution in [0.25, 0.3) is 0 Å². The number of amides is 1. The summed E-state index contributed by atoms with van der Waals surface area (Å²) in [5.74, 6) is 0.288. The van der Waals surface area contributed by atoms with E-state index in [1.54, 1.807) is 25.3 Å². The molecule has 0 saturated heterocycles. The largest absolute Gasteiger partial charge is 0.495 e. The Hall–Kier alpha value is -3.48. The average Bonchev–Trinajstić information content (AvgIpc) is 2.70. The van der Waals surface area contributed by atoms with Gasteiger partial charge in [-0.2, -0.15) is 0 Å². The Bertz CT molecular complexity index is 933. The van der Waals surface area contributed by atoms with E-state index in [1.165, 1.54) is 18.3 Å². The SMILES string of the molecule is COc1ccccc1Nc1nccc(C(=O)NCCc2ccccc2F)n1. The van der Waals surface area contributed by atoms with Crippen LogP contribution in [0.15, 0.2) is 60.8 Å². The van der Waals surface area contributed by atoms with Gasteiger partial charge in [0.2, 0.25) is 5.95 Å². The fraction of sp³-hybridized carbons (Fsp3) is 0.150. The molecule has 3 aromatic rings. The second-order valence-corrected chi connectivity index (χ2v) is 5.69. The number of carbonyl (C=O) groups excluding carboxylic acids is 1. The fourth-order valence-electron chi connectivity index (χ4n) is 2.52. The van der Waals surface area contributed by atoms with Crippen molar-refractivity contribution >= 4 is 17.5 Å². The van der Waals surface area contributed by atoms with Gasteiger partial charge in [0.25, 0.3) is 5.91 Å². The molecule has 0 spiro atoms. The molecule has 0 unspecified atom stereocenters. The molecule has 1 aromatic heterocycles. The minimum absolute atomic E-state index is 0.218. The molecule has 0 aliphatic carbocycles. The Kier molecular flexibility index (Phi) is 5.94. The van der Waals surface area contributed by atoms with Gasteiger partial charge in [-0.15, -0.1) is 0 Å². The van der Waals surface area contributed by atoms with Crippen LogP contribution in [0.2, 0.25) is 0 Å². The molecular weight excluding hydrogens is 347 g/mol. The van der Waals surface area contributed by atoms with E-state index >= 15 is 0 Å². The van der Waals surface area contributed by atoms with Gasteiger partial charge in [0.1, 0.15) is 17.3 Å². The van der Waals surface area contributed by atoms with Gasteiger partial charge >= 0.3 is 0 Å². The van der Waals surface area contributed by atoms with E-state index in [0.717, 1.165) is 0 Å². The lowest BCUT2D eigenvalue weighted by Crippen LogP contribution is -2.27. The summed E-state index contributed by atoms with van der Waals surface area (Å²) in [7, 11) is 1.57. The zero-order chi connectivity index (χ0) is 19.1. The number of ether oxygens (including phenoxy) is 1. The Morgan fingerprint density at radius 3 is 2.70 bits per heavy atom. The minimum Gasteiger partial charge on any atom is -0.495 e. The highest BCUT2D eigenvalue weighted by Gasteiger charge is 2.10. The summed E-state index contributed by atoms with van der Waals surface area (Å²) < 4.78 is 18.9. The maximum atomic E-state index is 13.6. The smallest absolute Gasteiger partial charge is 0.270 e. The van der Waals surface area contributed by atoms with Crippen LogP contribution in [0, 0.1) is 5.82 Å². The third-order valence-corrected chi connectivity index (χ3v) is 3.88. The van der Waals surface area contributed by atoms with E-state index in [9.17, 15) is 9.18 Å². The predicted molar refractivity (Wildman–Crippen MR) is 101 cm³/mol. The van der Waals surface area contributed by atoms with E-state index in [-0.39, 0.29) is 23.4 Å². The second kappa shape index (κ2) is 8.75. The van der Waals surface area contributed by atoms with E-state index in [2.05, 4.69) is 20.6 Å². The van der Waals surface area contributed by atoms with Crippen LogP contribution in [0.5, 0.6) is 5.75 Å². The fourth-order valence-corrected chi connectivity index (χ4v) is 2.52. The highest BCUT2D eigenvalue weighted by molar-refractivity contribution is 5.92. The number of benzene rings is 2. The number of rotatable bonds is 7. The van der Waals surface area contributed by atoms with E-state index in [4.69, 9.17) is 4.74 Å². The van der Waals surface area contributed by atoms with Crippen molar-refractivity contribution in [1.29, 1.82) is 0 Å². The Balaban J connectivity index is 1.62. The van der Waals surface area contributed by atoms with Gasteiger partial charge < -0.3 is 15.4 Å². The summed E-state index contributed by atoms with van der Waals surface area (Å²) in [6.45, 7) is 0.305. The monoisotopic (exact) mass is 366 g/mol. The first-order valence-corrected chi connectivity index (χ1v) is 8.42. The zero-order valence-electron chi connectivity index (χ0n) is 14.8. The van der Waals surface area contributed by atoms with Crippen molar-refractivity contribution in [1.82, 2.24) is 15.3 Å². The molecule has 7 heteroatoms. The molecule has 0 saturated carbocycles.